The van der Waals surface area contributed by atoms with Crippen LogP contribution in [0.1, 0.15) is 37.2 Å². The van der Waals surface area contributed by atoms with E-state index in [9.17, 15) is 0 Å². The third-order valence-electron chi connectivity index (χ3n) is 4.92. The summed E-state index contributed by atoms with van der Waals surface area (Å²) in [5.41, 5.74) is 2.54. The number of nitrogens with one attached hydrogen (secondary N) is 1. The molecule has 1 aromatic carbocycles. The van der Waals surface area contributed by atoms with Gasteiger partial charge in [-0.3, -0.25) is 5.10 Å². The van der Waals surface area contributed by atoms with Crippen molar-refractivity contribution in [3.8, 4) is 11.4 Å². The lowest BCUT2D eigenvalue weighted by Crippen LogP contribution is -2.22. The SMILES string of the molecule is c1cc(-c2ncn[nH]2)cc(C2CCCCC2Cn2ccnc2)c1. The summed E-state index contributed by atoms with van der Waals surface area (Å²) in [5, 5.41) is 6.92. The van der Waals surface area contributed by atoms with Crippen LogP contribution in [0.2, 0.25) is 0 Å². The van der Waals surface area contributed by atoms with Gasteiger partial charge in [-0.1, -0.05) is 31.0 Å². The molecule has 1 N–H and O–H groups in total. The van der Waals surface area contributed by atoms with Gasteiger partial charge in [0, 0.05) is 24.5 Å². The van der Waals surface area contributed by atoms with Crippen molar-refractivity contribution < 1.29 is 0 Å². The normalized spacial score (nSPS) is 21.4. The second kappa shape index (κ2) is 6.36. The van der Waals surface area contributed by atoms with Crippen molar-refractivity contribution >= 4 is 0 Å². The maximum Gasteiger partial charge on any atom is 0.155 e. The lowest BCUT2D eigenvalue weighted by molar-refractivity contribution is 0.274. The van der Waals surface area contributed by atoms with E-state index in [2.05, 4.69) is 55.2 Å². The summed E-state index contributed by atoms with van der Waals surface area (Å²) in [6.07, 6.45) is 12.6. The van der Waals surface area contributed by atoms with Gasteiger partial charge < -0.3 is 4.57 Å². The molecule has 1 aliphatic rings. The van der Waals surface area contributed by atoms with Gasteiger partial charge in [0.2, 0.25) is 0 Å². The molecule has 2 unspecified atom stereocenters. The Balaban J connectivity index is 1.60. The molecule has 1 saturated carbocycles. The predicted octanol–water partition coefficient (Wildman–Crippen LogP) is 3.64. The third kappa shape index (κ3) is 3.04. The molecule has 3 aromatic rings. The number of imidazole rings is 1. The van der Waals surface area contributed by atoms with Gasteiger partial charge in [-0.2, -0.15) is 5.10 Å². The molecule has 23 heavy (non-hydrogen) atoms. The molecular weight excluding hydrogens is 286 g/mol. The van der Waals surface area contributed by atoms with E-state index in [1.165, 1.54) is 31.2 Å². The Morgan fingerprint density at radius 2 is 2.17 bits per heavy atom. The monoisotopic (exact) mass is 307 g/mol. The molecule has 1 fully saturated rings. The quantitative estimate of drug-likeness (QED) is 0.800. The van der Waals surface area contributed by atoms with Crippen molar-refractivity contribution in [1.29, 1.82) is 0 Å². The fraction of sp³-hybridized carbons (Fsp3) is 0.389. The average Bonchev–Trinajstić information content (AvgIpc) is 3.29. The number of hydrogen-bond donors (Lipinski definition) is 1. The summed E-state index contributed by atoms with van der Waals surface area (Å²) in [6, 6.07) is 8.77. The molecule has 0 radical (unpaired) electrons. The summed E-state index contributed by atoms with van der Waals surface area (Å²) in [4.78, 5) is 8.45. The molecule has 1 aliphatic carbocycles. The van der Waals surface area contributed by atoms with Crippen LogP contribution in [0.4, 0.5) is 0 Å². The van der Waals surface area contributed by atoms with E-state index in [-0.39, 0.29) is 0 Å². The molecule has 0 bridgehead atoms. The fourth-order valence-electron chi connectivity index (χ4n) is 3.79. The highest BCUT2D eigenvalue weighted by Crippen LogP contribution is 2.39. The van der Waals surface area contributed by atoms with E-state index in [0.717, 1.165) is 17.9 Å². The number of H-pyrrole nitrogens is 1. The molecule has 5 heteroatoms. The van der Waals surface area contributed by atoms with Gasteiger partial charge in [0.05, 0.1) is 6.33 Å². The lowest BCUT2D eigenvalue weighted by atomic mass is 9.75. The van der Waals surface area contributed by atoms with Gasteiger partial charge in [-0.25, -0.2) is 9.97 Å². The smallest absolute Gasteiger partial charge is 0.155 e. The van der Waals surface area contributed by atoms with Gasteiger partial charge in [-0.05, 0) is 36.3 Å². The number of benzene rings is 1. The Hall–Kier alpha value is -2.43. The van der Waals surface area contributed by atoms with Gasteiger partial charge in [0.1, 0.15) is 6.33 Å². The first kappa shape index (κ1) is 14.2. The summed E-state index contributed by atoms with van der Waals surface area (Å²) in [6.45, 7) is 1.05. The molecule has 0 aliphatic heterocycles. The van der Waals surface area contributed by atoms with Crippen LogP contribution in [0.15, 0.2) is 49.3 Å². The zero-order valence-corrected chi connectivity index (χ0v) is 13.1. The first-order valence-corrected chi connectivity index (χ1v) is 8.31. The standard InChI is InChI=1S/C18H21N5/c1-2-7-17(16(4-1)11-23-9-8-19-13-23)14-5-3-6-15(10-14)18-20-12-21-22-18/h3,5-6,8-10,12-13,16-17H,1-2,4,7,11H2,(H,20,21,22). The van der Waals surface area contributed by atoms with Crippen molar-refractivity contribution in [2.24, 2.45) is 5.92 Å². The molecule has 2 atom stereocenters. The van der Waals surface area contributed by atoms with Crippen molar-refractivity contribution in [3.05, 3.63) is 54.9 Å². The number of nitrogens with zero attached hydrogens (tertiary/aromatic N) is 4. The molecule has 5 nitrogen and oxygen atoms in total. The van der Waals surface area contributed by atoms with E-state index in [0.29, 0.717) is 11.8 Å². The molecule has 4 rings (SSSR count). The Kier molecular flexibility index (Phi) is 3.92. The first-order chi connectivity index (χ1) is 11.4. The molecular formula is C18H21N5. The van der Waals surface area contributed by atoms with Crippen molar-refractivity contribution in [2.45, 2.75) is 38.1 Å². The topological polar surface area (TPSA) is 59.4 Å². The highest BCUT2D eigenvalue weighted by molar-refractivity contribution is 5.55. The number of aromatic amines is 1. The van der Waals surface area contributed by atoms with Crippen LogP contribution in [-0.2, 0) is 6.54 Å². The molecule has 2 heterocycles. The Labute approximate surface area is 135 Å². The number of rotatable bonds is 4. The van der Waals surface area contributed by atoms with Crippen LogP contribution in [0.5, 0.6) is 0 Å². The number of aromatic nitrogens is 5. The van der Waals surface area contributed by atoms with E-state index in [1.54, 1.807) is 6.33 Å². The van der Waals surface area contributed by atoms with Crippen molar-refractivity contribution in [2.75, 3.05) is 0 Å². The predicted molar refractivity (Wildman–Crippen MR) is 88.7 cm³/mol. The summed E-state index contributed by atoms with van der Waals surface area (Å²) in [7, 11) is 0. The summed E-state index contributed by atoms with van der Waals surface area (Å²) in [5.74, 6) is 2.12. The van der Waals surface area contributed by atoms with Crippen LogP contribution >= 0.6 is 0 Å². The zero-order valence-electron chi connectivity index (χ0n) is 13.1. The van der Waals surface area contributed by atoms with Gasteiger partial charge in [-0.15, -0.1) is 0 Å². The summed E-state index contributed by atoms with van der Waals surface area (Å²) >= 11 is 0. The Bertz CT molecular complexity index is 733. The second-order valence-electron chi connectivity index (χ2n) is 6.37. The molecule has 118 valence electrons. The molecule has 2 aromatic heterocycles. The average molecular weight is 307 g/mol. The largest absolute Gasteiger partial charge is 0.337 e. The first-order valence-electron chi connectivity index (χ1n) is 8.31. The molecule has 0 amide bonds. The minimum absolute atomic E-state index is 0.606. The van der Waals surface area contributed by atoms with Crippen LogP contribution < -0.4 is 0 Å². The van der Waals surface area contributed by atoms with Crippen LogP contribution in [0, 0.1) is 5.92 Å². The van der Waals surface area contributed by atoms with Gasteiger partial charge >= 0.3 is 0 Å². The van der Waals surface area contributed by atoms with Gasteiger partial charge in [0.15, 0.2) is 5.82 Å². The Morgan fingerprint density at radius 3 is 3.00 bits per heavy atom. The maximum absolute atomic E-state index is 4.27. The van der Waals surface area contributed by atoms with Gasteiger partial charge in [0.25, 0.3) is 0 Å². The molecule has 0 saturated heterocycles. The van der Waals surface area contributed by atoms with E-state index >= 15 is 0 Å². The van der Waals surface area contributed by atoms with Crippen LogP contribution in [-0.4, -0.2) is 24.7 Å². The molecule has 0 spiro atoms. The van der Waals surface area contributed by atoms with E-state index in [4.69, 9.17) is 0 Å². The highest BCUT2D eigenvalue weighted by Gasteiger charge is 2.27. The maximum atomic E-state index is 4.27. The number of hydrogen-bond acceptors (Lipinski definition) is 3. The van der Waals surface area contributed by atoms with Crippen LogP contribution in [0.3, 0.4) is 0 Å². The fourth-order valence-corrected chi connectivity index (χ4v) is 3.79. The lowest BCUT2D eigenvalue weighted by Gasteiger charge is -2.32. The second-order valence-corrected chi connectivity index (χ2v) is 6.37. The van der Waals surface area contributed by atoms with Crippen LogP contribution in [0.25, 0.3) is 11.4 Å². The third-order valence-corrected chi connectivity index (χ3v) is 4.92. The zero-order chi connectivity index (χ0) is 15.5. The summed E-state index contributed by atoms with van der Waals surface area (Å²) < 4.78 is 2.21. The van der Waals surface area contributed by atoms with E-state index < -0.39 is 0 Å². The minimum Gasteiger partial charge on any atom is -0.337 e. The van der Waals surface area contributed by atoms with Crippen molar-refractivity contribution in [3.63, 3.8) is 0 Å². The highest BCUT2D eigenvalue weighted by atomic mass is 15.2. The Morgan fingerprint density at radius 1 is 1.22 bits per heavy atom. The van der Waals surface area contributed by atoms with Crippen molar-refractivity contribution in [1.82, 2.24) is 24.7 Å². The minimum atomic E-state index is 0.606. The van der Waals surface area contributed by atoms with E-state index in [1.807, 2.05) is 12.5 Å².